The molecule has 0 radical (unpaired) electrons. The molecule has 0 saturated heterocycles. The highest BCUT2D eigenvalue weighted by atomic mass is 19.1. The molecule has 0 aliphatic carbocycles. The Morgan fingerprint density at radius 2 is 1.73 bits per heavy atom. The quantitative estimate of drug-likeness (QED) is 0.693. The molecule has 142 valence electrons. The lowest BCUT2D eigenvalue weighted by Crippen LogP contribution is -2.34. The summed E-state index contributed by atoms with van der Waals surface area (Å²) in [6, 6.07) is 13.4. The zero-order valence-electron chi connectivity index (χ0n) is 15.4. The van der Waals surface area contributed by atoms with E-state index in [1.165, 1.54) is 12.1 Å². The molecule has 0 amide bonds. The lowest BCUT2D eigenvalue weighted by atomic mass is 10.1. The van der Waals surface area contributed by atoms with Gasteiger partial charge in [0.05, 0.1) is 12.7 Å². The number of nitrogens with zero attached hydrogens (tertiary/aromatic N) is 1. The van der Waals surface area contributed by atoms with Gasteiger partial charge in [0.15, 0.2) is 0 Å². The van der Waals surface area contributed by atoms with Gasteiger partial charge in [0.1, 0.15) is 11.6 Å². The molecule has 3 nitrogen and oxygen atoms in total. The van der Waals surface area contributed by atoms with Crippen LogP contribution in [0.1, 0.15) is 25.0 Å². The molecule has 0 fully saturated rings. The Balaban J connectivity index is 2.03. The minimum absolute atomic E-state index is 0.232. The maximum absolute atomic E-state index is 14.0. The molecule has 0 aliphatic heterocycles. The molecule has 1 N–H and O–H groups in total. The van der Waals surface area contributed by atoms with Crippen LogP contribution in [-0.2, 0) is 17.8 Å². The summed E-state index contributed by atoms with van der Waals surface area (Å²) in [5.74, 6) is -0.771. The minimum atomic E-state index is -0.680. The van der Waals surface area contributed by atoms with Crippen LogP contribution in [0.3, 0.4) is 0 Å². The van der Waals surface area contributed by atoms with Crippen molar-refractivity contribution in [3.05, 3.63) is 71.3 Å². The van der Waals surface area contributed by atoms with Crippen LogP contribution in [0.25, 0.3) is 0 Å². The van der Waals surface area contributed by atoms with E-state index in [1.807, 2.05) is 49.1 Å². The van der Waals surface area contributed by atoms with Gasteiger partial charge in [0.25, 0.3) is 0 Å². The summed E-state index contributed by atoms with van der Waals surface area (Å²) in [5.41, 5.74) is 1.46. The first-order valence-corrected chi connectivity index (χ1v) is 8.90. The van der Waals surface area contributed by atoms with Crippen molar-refractivity contribution in [3.63, 3.8) is 0 Å². The second-order valence-electron chi connectivity index (χ2n) is 6.98. The summed E-state index contributed by atoms with van der Waals surface area (Å²) in [6.45, 7) is 6.08. The maximum atomic E-state index is 14.0. The van der Waals surface area contributed by atoms with E-state index in [1.54, 1.807) is 0 Å². The smallest absolute Gasteiger partial charge is 0.130 e. The van der Waals surface area contributed by atoms with E-state index in [2.05, 4.69) is 0 Å². The zero-order chi connectivity index (χ0) is 18.9. The van der Waals surface area contributed by atoms with Crippen LogP contribution in [0.5, 0.6) is 0 Å². The van der Waals surface area contributed by atoms with E-state index in [-0.39, 0.29) is 13.2 Å². The average Bonchev–Trinajstić information content (AvgIpc) is 2.58. The van der Waals surface area contributed by atoms with Gasteiger partial charge in [-0.05, 0) is 17.5 Å². The van der Waals surface area contributed by atoms with Gasteiger partial charge in [0.2, 0.25) is 0 Å². The van der Waals surface area contributed by atoms with Gasteiger partial charge in [-0.2, -0.15) is 0 Å². The third kappa shape index (κ3) is 7.20. The Hall–Kier alpha value is -1.82. The zero-order valence-corrected chi connectivity index (χ0v) is 15.4. The van der Waals surface area contributed by atoms with E-state index in [0.717, 1.165) is 11.6 Å². The van der Waals surface area contributed by atoms with Gasteiger partial charge < -0.3 is 9.84 Å². The number of benzene rings is 2. The highest BCUT2D eigenvalue weighted by Crippen LogP contribution is 2.15. The number of aliphatic hydroxyl groups is 1. The van der Waals surface area contributed by atoms with Crippen molar-refractivity contribution in [2.45, 2.75) is 33.0 Å². The van der Waals surface area contributed by atoms with Crippen LogP contribution in [0.2, 0.25) is 0 Å². The summed E-state index contributed by atoms with van der Waals surface area (Å²) < 4.78 is 32.7. The van der Waals surface area contributed by atoms with Crippen molar-refractivity contribution >= 4 is 0 Å². The highest BCUT2D eigenvalue weighted by molar-refractivity contribution is 5.19. The summed E-state index contributed by atoms with van der Waals surface area (Å²) in [7, 11) is 0. The van der Waals surface area contributed by atoms with Gasteiger partial charge in [0, 0.05) is 37.9 Å². The average molecular weight is 363 g/mol. The van der Waals surface area contributed by atoms with Crippen molar-refractivity contribution in [3.8, 4) is 0 Å². The topological polar surface area (TPSA) is 32.7 Å². The minimum Gasteiger partial charge on any atom is -0.389 e. The molecular weight excluding hydrogens is 336 g/mol. The fourth-order valence-electron chi connectivity index (χ4n) is 2.71. The van der Waals surface area contributed by atoms with Gasteiger partial charge in [-0.3, -0.25) is 4.90 Å². The molecule has 0 saturated carbocycles. The van der Waals surface area contributed by atoms with E-state index in [9.17, 15) is 13.9 Å². The molecule has 0 aromatic heterocycles. The summed E-state index contributed by atoms with van der Waals surface area (Å²) in [6.07, 6.45) is -0.680. The number of hydrogen-bond acceptors (Lipinski definition) is 3. The molecule has 0 heterocycles. The number of aliphatic hydroxyl groups excluding tert-OH is 1. The van der Waals surface area contributed by atoms with Gasteiger partial charge in [-0.25, -0.2) is 8.78 Å². The first-order chi connectivity index (χ1) is 12.4. The van der Waals surface area contributed by atoms with Crippen LogP contribution in [-0.4, -0.2) is 35.9 Å². The molecule has 0 aliphatic rings. The van der Waals surface area contributed by atoms with E-state index < -0.39 is 17.7 Å². The molecule has 26 heavy (non-hydrogen) atoms. The van der Waals surface area contributed by atoms with E-state index in [4.69, 9.17) is 4.74 Å². The van der Waals surface area contributed by atoms with Crippen molar-refractivity contribution in [2.75, 3.05) is 19.8 Å². The Labute approximate surface area is 154 Å². The molecule has 0 bridgehead atoms. The van der Waals surface area contributed by atoms with Crippen LogP contribution >= 0.6 is 0 Å². The molecule has 2 aromatic carbocycles. The van der Waals surface area contributed by atoms with Crippen molar-refractivity contribution in [1.82, 2.24) is 4.90 Å². The van der Waals surface area contributed by atoms with Crippen LogP contribution in [0, 0.1) is 17.6 Å². The van der Waals surface area contributed by atoms with Crippen molar-refractivity contribution < 1.29 is 18.6 Å². The van der Waals surface area contributed by atoms with E-state index >= 15 is 0 Å². The third-order valence-corrected chi connectivity index (χ3v) is 3.89. The van der Waals surface area contributed by atoms with Crippen molar-refractivity contribution in [1.29, 1.82) is 0 Å². The van der Waals surface area contributed by atoms with Gasteiger partial charge >= 0.3 is 0 Å². The first-order valence-electron chi connectivity index (χ1n) is 8.90. The lowest BCUT2D eigenvalue weighted by Gasteiger charge is -2.25. The molecule has 2 rings (SSSR count). The lowest BCUT2D eigenvalue weighted by molar-refractivity contribution is 0.00539. The van der Waals surface area contributed by atoms with Crippen LogP contribution < -0.4 is 0 Å². The largest absolute Gasteiger partial charge is 0.389 e. The molecule has 2 aromatic rings. The second-order valence-corrected chi connectivity index (χ2v) is 6.98. The third-order valence-electron chi connectivity index (χ3n) is 3.89. The summed E-state index contributed by atoms with van der Waals surface area (Å²) >= 11 is 0. The molecule has 1 unspecified atom stereocenters. The normalized spacial score (nSPS) is 12.7. The highest BCUT2D eigenvalue weighted by Gasteiger charge is 2.15. The monoisotopic (exact) mass is 363 g/mol. The molecule has 0 spiro atoms. The predicted molar refractivity (Wildman–Crippen MR) is 98.6 cm³/mol. The Bertz CT molecular complexity index is 664. The Morgan fingerprint density at radius 1 is 1.00 bits per heavy atom. The van der Waals surface area contributed by atoms with Gasteiger partial charge in [-0.15, -0.1) is 0 Å². The Kier molecular flexibility index (Phi) is 8.16. The fourth-order valence-corrected chi connectivity index (χ4v) is 2.71. The van der Waals surface area contributed by atoms with Crippen molar-refractivity contribution in [2.24, 2.45) is 5.92 Å². The molecule has 1 atom stereocenters. The fraction of sp³-hybridized carbons (Fsp3) is 0.429. The summed E-state index contributed by atoms with van der Waals surface area (Å²) in [5, 5.41) is 10.3. The predicted octanol–water partition coefficient (Wildman–Crippen LogP) is 4.00. The first kappa shape index (κ1) is 20.5. The Morgan fingerprint density at radius 3 is 2.38 bits per heavy atom. The number of halogens is 2. The van der Waals surface area contributed by atoms with Crippen LogP contribution in [0.4, 0.5) is 8.78 Å². The molecular formula is C21H27F2NO2. The SMILES string of the molecule is CC(C)COCC(O)CN(Cc1ccccc1)Cc1ccc(F)cc1F. The maximum Gasteiger partial charge on any atom is 0.130 e. The van der Waals surface area contributed by atoms with E-state index in [0.29, 0.717) is 31.2 Å². The number of rotatable bonds is 10. The number of hydrogen-bond donors (Lipinski definition) is 1. The summed E-state index contributed by atoms with van der Waals surface area (Å²) in [4.78, 5) is 1.94. The molecule has 5 heteroatoms. The standard InChI is InChI=1S/C21H27F2NO2/c1-16(2)14-26-15-20(25)13-24(11-17-6-4-3-5-7-17)12-18-8-9-19(22)10-21(18)23/h3-10,16,20,25H,11-15H2,1-2H3. The second kappa shape index (κ2) is 10.4. The number of ether oxygens (including phenoxy) is 1. The van der Waals surface area contributed by atoms with Crippen LogP contribution in [0.15, 0.2) is 48.5 Å². The van der Waals surface area contributed by atoms with Gasteiger partial charge in [-0.1, -0.05) is 50.2 Å².